The number of nitrogens with zero attached hydrogens (tertiary/aromatic N) is 7. The Kier molecular flexibility index (Phi) is 7.00. The topological polar surface area (TPSA) is 163 Å². The first-order chi connectivity index (χ1) is 19.1. The lowest BCUT2D eigenvalue weighted by molar-refractivity contribution is 0.0500. The van der Waals surface area contributed by atoms with Crippen molar-refractivity contribution in [1.29, 1.82) is 5.26 Å². The fraction of sp³-hybridized carbons (Fsp3) is 0.333. The Bertz CT molecular complexity index is 1600. The summed E-state index contributed by atoms with van der Waals surface area (Å²) in [5.41, 5.74) is 2.19. The average molecular weight is 544 g/mol. The van der Waals surface area contributed by atoms with E-state index in [1.54, 1.807) is 41.4 Å². The van der Waals surface area contributed by atoms with Crippen molar-refractivity contribution in [1.82, 2.24) is 34.6 Å². The maximum atomic E-state index is 12.4. The second-order valence-corrected chi connectivity index (χ2v) is 10.3. The smallest absolute Gasteiger partial charge is 0.407 e. The molecule has 3 N–H and O–H groups in total. The Balaban J connectivity index is 1.27. The molecule has 1 atom stereocenters. The Labute approximate surface area is 230 Å². The quantitative estimate of drug-likeness (QED) is 0.287. The van der Waals surface area contributed by atoms with E-state index < -0.39 is 11.5 Å². The van der Waals surface area contributed by atoms with E-state index in [0.717, 1.165) is 23.2 Å². The van der Waals surface area contributed by atoms with E-state index in [0.29, 0.717) is 29.5 Å². The number of anilines is 2. The first-order valence-electron chi connectivity index (χ1n) is 12.7. The SMILES string of the molecule is Cn1ncc(OC[C@H]2CCN2C(=O)O)c1-c1ccn2nc(Nc3ccc(C(=O)NCC(C)(C)C#N)cn3)cc2c1. The van der Waals surface area contributed by atoms with Crippen LogP contribution in [0.25, 0.3) is 16.8 Å². The molecule has 1 saturated heterocycles. The first kappa shape index (κ1) is 26.5. The number of hydrogen-bond acceptors (Lipinski definition) is 8. The Morgan fingerprint density at radius 2 is 2.05 bits per heavy atom. The molecule has 1 aliphatic heterocycles. The van der Waals surface area contributed by atoms with Gasteiger partial charge in [0.2, 0.25) is 0 Å². The molecule has 0 aliphatic carbocycles. The largest absolute Gasteiger partial charge is 0.487 e. The molecular formula is C27H29N9O4. The zero-order chi connectivity index (χ0) is 28.4. The van der Waals surface area contributed by atoms with Crippen molar-refractivity contribution < 1.29 is 19.4 Å². The number of amides is 2. The molecular weight excluding hydrogens is 514 g/mol. The molecule has 1 fully saturated rings. The van der Waals surface area contributed by atoms with E-state index in [-0.39, 0.29) is 25.1 Å². The summed E-state index contributed by atoms with van der Waals surface area (Å²) in [6.07, 6.45) is 4.76. The van der Waals surface area contributed by atoms with Gasteiger partial charge in [-0.2, -0.15) is 15.5 Å². The molecule has 4 aromatic rings. The summed E-state index contributed by atoms with van der Waals surface area (Å²) in [4.78, 5) is 29.3. The highest BCUT2D eigenvalue weighted by Gasteiger charge is 2.33. The number of nitrogens with one attached hydrogen (secondary N) is 2. The van der Waals surface area contributed by atoms with Gasteiger partial charge in [0, 0.05) is 44.2 Å². The molecule has 0 unspecified atom stereocenters. The number of aryl methyl sites for hydroxylation is 1. The summed E-state index contributed by atoms with van der Waals surface area (Å²) in [6, 6.07) is 11.1. The monoisotopic (exact) mass is 543 g/mol. The maximum Gasteiger partial charge on any atom is 0.407 e. The number of hydrogen-bond donors (Lipinski definition) is 3. The summed E-state index contributed by atoms with van der Waals surface area (Å²) in [7, 11) is 1.82. The lowest BCUT2D eigenvalue weighted by Gasteiger charge is -2.38. The van der Waals surface area contributed by atoms with Crippen LogP contribution in [0.4, 0.5) is 16.4 Å². The molecule has 0 spiro atoms. The van der Waals surface area contributed by atoms with Crippen LogP contribution in [0.3, 0.4) is 0 Å². The van der Waals surface area contributed by atoms with Crippen LogP contribution in [0.1, 0.15) is 30.6 Å². The highest BCUT2D eigenvalue weighted by molar-refractivity contribution is 5.94. The highest BCUT2D eigenvalue weighted by atomic mass is 16.5. The number of carbonyl (C=O) groups excluding carboxylic acids is 1. The van der Waals surface area contributed by atoms with Crippen LogP contribution in [0.2, 0.25) is 0 Å². The fourth-order valence-electron chi connectivity index (χ4n) is 4.28. The number of rotatable bonds is 9. The summed E-state index contributed by atoms with van der Waals surface area (Å²) >= 11 is 0. The van der Waals surface area contributed by atoms with Crippen molar-refractivity contribution in [3.05, 3.63) is 54.5 Å². The predicted octanol–water partition coefficient (Wildman–Crippen LogP) is 3.28. The number of pyridine rings is 2. The molecule has 5 heterocycles. The van der Waals surface area contributed by atoms with Gasteiger partial charge in [-0.05, 0) is 44.5 Å². The van der Waals surface area contributed by atoms with Gasteiger partial charge in [0.15, 0.2) is 11.6 Å². The number of carboxylic acid groups (broad SMARTS) is 1. The molecule has 0 aromatic carbocycles. The number of ether oxygens (including phenoxy) is 1. The minimum absolute atomic E-state index is 0.163. The first-order valence-corrected chi connectivity index (χ1v) is 12.7. The van der Waals surface area contributed by atoms with Crippen molar-refractivity contribution in [2.45, 2.75) is 26.3 Å². The second kappa shape index (κ2) is 10.6. The third-order valence-corrected chi connectivity index (χ3v) is 6.74. The van der Waals surface area contributed by atoms with E-state index in [1.807, 2.05) is 31.4 Å². The molecule has 1 aliphatic rings. The van der Waals surface area contributed by atoms with Crippen molar-refractivity contribution >= 4 is 29.2 Å². The number of fused-ring (bicyclic) bond motifs is 1. The summed E-state index contributed by atoms with van der Waals surface area (Å²) in [5, 5.41) is 33.1. The average Bonchev–Trinajstić information content (AvgIpc) is 3.48. The zero-order valence-corrected chi connectivity index (χ0v) is 22.3. The Morgan fingerprint density at radius 1 is 1.23 bits per heavy atom. The molecule has 0 radical (unpaired) electrons. The summed E-state index contributed by atoms with van der Waals surface area (Å²) in [6.45, 7) is 4.54. The van der Waals surface area contributed by atoms with Crippen LogP contribution >= 0.6 is 0 Å². The van der Waals surface area contributed by atoms with Gasteiger partial charge in [0.25, 0.3) is 5.91 Å². The van der Waals surface area contributed by atoms with Gasteiger partial charge in [-0.1, -0.05) is 0 Å². The molecule has 5 rings (SSSR count). The molecule has 13 heteroatoms. The molecule has 13 nitrogen and oxygen atoms in total. The van der Waals surface area contributed by atoms with Gasteiger partial charge < -0.3 is 25.4 Å². The number of likely N-dealkylation sites (tertiary alicyclic amines) is 1. The van der Waals surface area contributed by atoms with Crippen LogP contribution in [0, 0.1) is 16.7 Å². The molecule has 40 heavy (non-hydrogen) atoms. The van der Waals surface area contributed by atoms with Crippen LogP contribution in [-0.2, 0) is 7.05 Å². The van der Waals surface area contributed by atoms with Crippen molar-refractivity contribution in [2.75, 3.05) is 25.0 Å². The van der Waals surface area contributed by atoms with Gasteiger partial charge in [0.1, 0.15) is 18.1 Å². The molecule has 206 valence electrons. The van der Waals surface area contributed by atoms with Gasteiger partial charge in [-0.15, -0.1) is 0 Å². The number of nitriles is 1. The van der Waals surface area contributed by atoms with Crippen molar-refractivity contribution in [3.8, 4) is 23.1 Å². The van der Waals surface area contributed by atoms with Gasteiger partial charge in [0.05, 0.1) is 34.8 Å². The third kappa shape index (κ3) is 5.51. The standard InChI is InChI=1S/C27H29N9O4/c1-27(2,15-28)16-30-25(37)18-4-5-22(29-12-18)32-23-11-20-10-17(6-9-36(20)33-23)24-21(13-31-34(24)3)40-14-19-7-8-35(19)26(38)39/h4-6,9-13,19H,7-8,14,16H2,1-3H3,(H,30,37)(H,38,39)(H,29,32,33)/t19-/m1/s1. The van der Waals surface area contributed by atoms with Gasteiger partial charge in [-0.25, -0.2) is 14.3 Å². The van der Waals surface area contributed by atoms with Crippen LogP contribution in [-0.4, -0.2) is 72.1 Å². The second-order valence-electron chi connectivity index (χ2n) is 10.3. The van der Waals surface area contributed by atoms with Gasteiger partial charge in [-0.3, -0.25) is 9.48 Å². The van der Waals surface area contributed by atoms with E-state index in [9.17, 15) is 14.7 Å². The maximum absolute atomic E-state index is 12.4. The minimum atomic E-state index is -0.936. The fourth-order valence-corrected chi connectivity index (χ4v) is 4.28. The van der Waals surface area contributed by atoms with Gasteiger partial charge >= 0.3 is 6.09 Å². The van der Waals surface area contributed by atoms with E-state index in [2.05, 4.69) is 31.9 Å². The van der Waals surface area contributed by atoms with Crippen LogP contribution in [0.5, 0.6) is 5.75 Å². The lowest BCUT2D eigenvalue weighted by atomic mass is 9.96. The lowest BCUT2D eigenvalue weighted by Crippen LogP contribution is -2.53. The van der Waals surface area contributed by atoms with E-state index >= 15 is 0 Å². The highest BCUT2D eigenvalue weighted by Crippen LogP contribution is 2.31. The molecule has 2 amide bonds. The minimum Gasteiger partial charge on any atom is -0.487 e. The molecule has 4 aromatic heterocycles. The normalized spacial score (nSPS) is 14.8. The van der Waals surface area contributed by atoms with Crippen LogP contribution < -0.4 is 15.4 Å². The number of aromatic nitrogens is 5. The van der Waals surface area contributed by atoms with E-state index in [4.69, 9.17) is 10.00 Å². The Morgan fingerprint density at radius 3 is 2.73 bits per heavy atom. The summed E-state index contributed by atoms with van der Waals surface area (Å²) < 4.78 is 9.42. The number of carbonyl (C=O) groups is 2. The zero-order valence-electron chi connectivity index (χ0n) is 22.3. The van der Waals surface area contributed by atoms with Crippen molar-refractivity contribution in [3.63, 3.8) is 0 Å². The Hall–Kier alpha value is -5.12. The van der Waals surface area contributed by atoms with E-state index in [1.165, 1.54) is 11.1 Å². The van der Waals surface area contributed by atoms with Crippen LogP contribution in [0.15, 0.2) is 48.9 Å². The predicted molar refractivity (Wildman–Crippen MR) is 145 cm³/mol. The molecule has 0 saturated carbocycles. The third-order valence-electron chi connectivity index (χ3n) is 6.74. The summed E-state index contributed by atoms with van der Waals surface area (Å²) in [5.74, 6) is 1.36. The van der Waals surface area contributed by atoms with Crippen molar-refractivity contribution in [2.24, 2.45) is 12.5 Å². The molecule has 0 bridgehead atoms.